The first-order valence-corrected chi connectivity index (χ1v) is 15.8. The number of nitrogens with zero attached hydrogens (tertiary/aromatic N) is 3. The number of imidazole rings is 1. The molecule has 0 saturated carbocycles. The predicted octanol–water partition coefficient (Wildman–Crippen LogP) is 5.65. The van der Waals surface area contributed by atoms with E-state index in [9.17, 15) is 18.2 Å². The zero-order valence-corrected chi connectivity index (χ0v) is 25.6. The Kier molecular flexibility index (Phi) is 7.07. The van der Waals surface area contributed by atoms with Gasteiger partial charge in [0, 0.05) is 29.4 Å². The number of nitrogens with two attached hydrogens (primary N) is 1. The number of hydrogen-bond acceptors (Lipinski definition) is 6. The summed E-state index contributed by atoms with van der Waals surface area (Å²) < 4.78 is 40.9. The largest absolute Gasteiger partial charge is 0.598 e. The van der Waals surface area contributed by atoms with E-state index in [1.807, 2.05) is 59.7 Å². The van der Waals surface area contributed by atoms with Crippen molar-refractivity contribution >= 4 is 43.3 Å². The molecule has 5 rings (SSSR count). The molecule has 0 saturated heterocycles. The number of aryl methyl sites for hydroxylation is 3. The number of rotatable bonds is 7. The van der Waals surface area contributed by atoms with Gasteiger partial charge in [-0.25, -0.2) is 17.4 Å². The molecule has 0 spiro atoms. The molecule has 2 unspecified atom stereocenters. The van der Waals surface area contributed by atoms with Crippen molar-refractivity contribution in [2.24, 2.45) is 5.14 Å². The van der Waals surface area contributed by atoms with E-state index < -0.39 is 31.5 Å². The molecule has 10 heteroatoms. The van der Waals surface area contributed by atoms with Crippen LogP contribution in [0, 0.1) is 32.1 Å². The Morgan fingerprint density at radius 2 is 1.73 bits per heavy atom. The van der Waals surface area contributed by atoms with Gasteiger partial charge < -0.3 is 9.54 Å². The quantitative estimate of drug-likeness (QED) is 0.236. The fraction of sp³-hybridized carbons (Fsp3) is 0.290. The molecule has 0 radical (unpaired) electrons. The molecule has 2 atom stereocenters. The second kappa shape index (κ2) is 10.0. The van der Waals surface area contributed by atoms with E-state index in [0.29, 0.717) is 28.8 Å². The molecule has 212 valence electrons. The van der Waals surface area contributed by atoms with Gasteiger partial charge in [-0.1, -0.05) is 23.8 Å². The lowest BCUT2D eigenvalue weighted by atomic mass is 9.72. The number of aromatic amines is 1. The van der Waals surface area contributed by atoms with Crippen molar-refractivity contribution in [3.63, 3.8) is 0 Å². The summed E-state index contributed by atoms with van der Waals surface area (Å²) in [7, 11) is -3.88. The third kappa shape index (κ3) is 4.83. The summed E-state index contributed by atoms with van der Waals surface area (Å²) in [6.45, 7) is 11.5. The molecule has 8 nitrogen and oxygen atoms in total. The van der Waals surface area contributed by atoms with E-state index in [0.717, 1.165) is 33.2 Å². The Morgan fingerprint density at radius 3 is 2.37 bits per heavy atom. The number of nitrogens with one attached hydrogen (secondary N) is 1. The molecule has 0 aliphatic heterocycles. The highest BCUT2D eigenvalue weighted by atomic mass is 32.2. The molecular formula is C31H33N5O3S2. The fourth-order valence-electron chi connectivity index (χ4n) is 5.99. The summed E-state index contributed by atoms with van der Waals surface area (Å²) in [5.41, 5.74) is 5.21. The van der Waals surface area contributed by atoms with Gasteiger partial charge in [-0.3, -0.25) is 0 Å². The minimum Gasteiger partial charge on any atom is -0.598 e. The Labute approximate surface area is 243 Å². The first-order chi connectivity index (χ1) is 19.2. The maximum Gasteiger partial charge on any atom is 0.268 e. The van der Waals surface area contributed by atoms with Crippen molar-refractivity contribution in [2.45, 2.75) is 63.0 Å². The van der Waals surface area contributed by atoms with E-state index in [4.69, 9.17) is 10.1 Å². The van der Waals surface area contributed by atoms with E-state index in [-0.39, 0.29) is 4.90 Å². The number of aromatic nitrogens is 3. The highest BCUT2D eigenvalue weighted by Crippen LogP contribution is 2.46. The average Bonchev–Trinajstić information content (AvgIpc) is 3.54. The Bertz CT molecular complexity index is 1950. The van der Waals surface area contributed by atoms with Gasteiger partial charge in [0.15, 0.2) is 0 Å². The van der Waals surface area contributed by atoms with Gasteiger partial charge in [-0.05, 0) is 94.6 Å². The molecule has 0 amide bonds. The second-order valence-electron chi connectivity index (χ2n) is 11.6. The number of H-pyrrole nitrogens is 1. The smallest absolute Gasteiger partial charge is 0.268 e. The van der Waals surface area contributed by atoms with Crippen LogP contribution in [0.4, 0.5) is 0 Å². The van der Waals surface area contributed by atoms with Crippen LogP contribution in [0.3, 0.4) is 0 Å². The first kappa shape index (κ1) is 28.9. The zero-order valence-electron chi connectivity index (χ0n) is 23.9. The van der Waals surface area contributed by atoms with Crippen molar-refractivity contribution in [1.29, 1.82) is 5.26 Å². The summed E-state index contributed by atoms with van der Waals surface area (Å²) >= 11 is -1.66. The second-order valence-corrected chi connectivity index (χ2v) is 15.1. The molecule has 2 aromatic heterocycles. The number of hydrogen-bond donors (Lipinski definition) is 2. The molecule has 0 bridgehead atoms. The molecule has 0 fully saturated rings. The van der Waals surface area contributed by atoms with Crippen LogP contribution in [-0.2, 0) is 26.8 Å². The van der Waals surface area contributed by atoms with Gasteiger partial charge in [-0.15, -0.1) is 0 Å². The van der Waals surface area contributed by atoms with Gasteiger partial charge in [0.1, 0.15) is 10.6 Å². The third-order valence-electron chi connectivity index (χ3n) is 7.91. The molecular weight excluding hydrogens is 555 g/mol. The molecule has 2 heterocycles. The van der Waals surface area contributed by atoms with Gasteiger partial charge >= 0.3 is 0 Å². The van der Waals surface area contributed by atoms with Crippen LogP contribution in [0.25, 0.3) is 21.9 Å². The number of benzene rings is 3. The van der Waals surface area contributed by atoms with Crippen LogP contribution >= 0.6 is 0 Å². The minimum absolute atomic E-state index is 0.204. The van der Waals surface area contributed by atoms with Crippen LogP contribution in [0.15, 0.2) is 65.7 Å². The zero-order chi connectivity index (χ0) is 29.9. The summed E-state index contributed by atoms with van der Waals surface area (Å²) in [6, 6.07) is 18.1. The summed E-state index contributed by atoms with van der Waals surface area (Å²) in [4.78, 5) is 8.56. The fourth-order valence-corrected chi connectivity index (χ4v) is 7.83. The van der Waals surface area contributed by atoms with Gasteiger partial charge in [-0.2, -0.15) is 10.4 Å². The third-order valence-corrected chi connectivity index (χ3v) is 10.8. The maximum atomic E-state index is 13.8. The van der Waals surface area contributed by atoms with Crippen LogP contribution < -0.4 is 5.14 Å². The van der Waals surface area contributed by atoms with E-state index >= 15 is 0 Å². The van der Waals surface area contributed by atoms with Crippen molar-refractivity contribution in [3.05, 3.63) is 94.4 Å². The van der Waals surface area contributed by atoms with Crippen molar-refractivity contribution < 1.29 is 13.0 Å². The molecule has 5 aromatic rings. The SMILES string of the molecule is Cc1ccc(S(=O)(=O)n2ccc3c(C(C)(CC(C)(C)[S+](N)[O-])c4nc5cc(C#N)ccc5[nH]4)c(C)cc(C)c32)cc1. The number of fused-ring (bicyclic) bond motifs is 2. The van der Waals surface area contributed by atoms with Crippen LogP contribution in [-0.4, -0.2) is 31.7 Å². The van der Waals surface area contributed by atoms with E-state index in [1.54, 1.807) is 42.6 Å². The highest BCUT2D eigenvalue weighted by molar-refractivity contribution is 7.90. The van der Waals surface area contributed by atoms with E-state index in [1.165, 1.54) is 3.97 Å². The Morgan fingerprint density at radius 1 is 1.05 bits per heavy atom. The van der Waals surface area contributed by atoms with Gasteiger partial charge in [0.2, 0.25) is 0 Å². The van der Waals surface area contributed by atoms with Crippen molar-refractivity contribution in [1.82, 2.24) is 13.9 Å². The Hall–Kier alpha value is -3.62. The van der Waals surface area contributed by atoms with Crippen LogP contribution in [0.1, 0.15) is 60.8 Å². The summed E-state index contributed by atoms with van der Waals surface area (Å²) in [5, 5.41) is 16.2. The first-order valence-electron chi connectivity index (χ1n) is 13.2. The van der Waals surface area contributed by atoms with E-state index in [2.05, 4.69) is 11.1 Å². The van der Waals surface area contributed by atoms with Crippen LogP contribution in [0.5, 0.6) is 0 Å². The topological polar surface area (TPSA) is 141 Å². The lowest BCUT2D eigenvalue weighted by molar-refractivity contribution is 0.417. The number of nitriles is 1. The van der Waals surface area contributed by atoms with Crippen LogP contribution in [0.2, 0.25) is 0 Å². The molecule has 3 aromatic carbocycles. The summed E-state index contributed by atoms with van der Waals surface area (Å²) in [5.74, 6) is 0.614. The lowest BCUT2D eigenvalue weighted by Gasteiger charge is -2.37. The predicted molar refractivity (Wildman–Crippen MR) is 163 cm³/mol. The minimum atomic E-state index is -3.88. The Balaban J connectivity index is 1.81. The maximum absolute atomic E-state index is 13.8. The normalized spacial score (nSPS) is 14.7. The van der Waals surface area contributed by atoms with Crippen molar-refractivity contribution in [2.75, 3.05) is 0 Å². The molecule has 41 heavy (non-hydrogen) atoms. The van der Waals surface area contributed by atoms with Gasteiger partial charge in [0.25, 0.3) is 10.0 Å². The standard InChI is InChI=1S/C31H33N5O3S2/c1-19-7-10-23(11-8-19)41(38,39)36-14-13-24-27(20(2)15-21(3)28(24)36)31(6,18-30(4,5)40(33)37)29-34-25-12-9-22(17-32)16-26(25)35-29/h7-16H,18,33H2,1-6H3,(H,34,35). The lowest BCUT2D eigenvalue weighted by Crippen LogP contribution is -2.44. The monoisotopic (exact) mass is 587 g/mol. The molecule has 0 aliphatic rings. The summed E-state index contributed by atoms with van der Waals surface area (Å²) in [6.07, 6.45) is 1.95. The molecule has 0 aliphatic carbocycles. The van der Waals surface area contributed by atoms with Crippen molar-refractivity contribution in [3.8, 4) is 6.07 Å². The van der Waals surface area contributed by atoms with Gasteiger partial charge in [0.05, 0.1) is 38.5 Å². The average molecular weight is 588 g/mol. The highest BCUT2D eigenvalue weighted by Gasteiger charge is 2.45. The molecule has 3 N–H and O–H groups in total.